The number of nitrogens with zero attached hydrogens (tertiary/aromatic N) is 1. The highest BCUT2D eigenvalue weighted by Crippen LogP contribution is 2.26. The number of likely N-dealkylation sites (tertiary alicyclic amines) is 1. The molecule has 18 heavy (non-hydrogen) atoms. The van der Waals surface area contributed by atoms with Crippen LogP contribution in [0, 0.1) is 0 Å². The molecule has 0 bridgehead atoms. The fraction of sp³-hybridized carbons (Fsp3) is 0.929. The SMILES string of the molecule is CC(C)(C)OC(=O)N[C@H]1CCN(C2CCCC2)C1. The molecule has 2 rings (SSSR count). The summed E-state index contributed by atoms with van der Waals surface area (Å²) in [5, 5.41) is 2.99. The van der Waals surface area contributed by atoms with E-state index in [0.717, 1.165) is 25.6 Å². The molecule has 1 saturated carbocycles. The highest BCUT2D eigenvalue weighted by molar-refractivity contribution is 5.68. The van der Waals surface area contributed by atoms with Crippen LogP contribution < -0.4 is 5.32 Å². The van der Waals surface area contributed by atoms with Crippen molar-refractivity contribution >= 4 is 6.09 Å². The van der Waals surface area contributed by atoms with E-state index in [-0.39, 0.29) is 12.1 Å². The Hall–Kier alpha value is -0.770. The van der Waals surface area contributed by atoms with Crippen LogP contribution in [0.5, 0.6) is 0 Å². The Kier molecular flexibility index (Phi) is 4.15. The van der Waals surface area contributed by atoms with Gasteiger partial charge in [0.1, 0.15) is 5.60 Å². The van der Waals surface area contributed by atoms with Crippen LogP contribution in [0.25, 0.3) is 0 Å². The third-order valence-electron chi connectivity index (χ3n) is 3.78. The van der Waals surface area contributed by atoms with E-state index < -0.39 is 5.60 Å². The van der Waals surface area contributed by atoms with Crippen molar-refractivity contribution < 1.29 is 9.53 Å². The number of carbonyl (C=O) groups is 1. The number of rotatable bonds is 2. The van der Waals surface area contributed by atoms with E-state index in [4.69, 9.17) is 4.74 Å². The molecule has 104 valence electrons. The van der Waals surface area contributed by atoms with E-state index in [1.807, 2.05) is 20.8 Å². The molecular weight excluding hydrogens is 228 g/mol. The quantitative estimate of drug-likeness (QED) is 0.823. The summed E-state index contributed by atoms with van der Waals surface area (Å²) in [5.74, 6) is 0. The lowest BCUT2D eigenvalue weighted by atomic mass is 10.2. The van der Waals surface area contributed by atoms with Crippen molar-refractivity contribution in [2.75, 3.05) is 13.1 Å². The molecule has 4 nitrogen and oxygen atoms in total. The molecule has 2 aliphatic rings. The van der Waals surface area contributed by atoms with Crippen LogP contribution in [0.3, 0.4) is 0 Å². The predicted molar refractivity (Wildman–Crippen MR) is 71.6 cm³/mol. The van der Waals surface area contributed by atoms with Gasteiger partial charge in [-0.25, -0.2) is 4.79 Å². The number of nitrogens with one attached hydrogen (secondary N) is 1. The molecule has 1 aliphatic heterocycles. The Bertz CT molecular complexity index is 293. The van der Waals surface area contributed by atoms with Gasteiger partial charge in [-0.15, -0.1) is 0 Å². The first kappa shape index (κ1) is 13.7. The molecule has 2 fully saturated rings. The molecule has 1 heterocycles. The largest absolute Gasteiger partial charge is 0.444 e. The van der Waals surface area contributed by atoms with E-state index in [9.17, 15) is 4.79 Å². The van der Waals surface area contributed by atoms with Crippen LogP contribution in [-0.2, 0) is 4.74 Å². The van der Waals surface area contributed by atoms with Crippen LogP contribution in [0.4, 0.5) is 4.79 Å². The zero-order valence-corrected chi connectivity index (χ0v) is 11.9. The Morgan fingerprint density at radius 3 is 2.50 bits per heavy atom. The Morgan fingerprint density at radius 2 is 1.89 bits per heavy atom. The minimum atomic E-state index is -0.409. The highest BCUT2D eigenvalue weighted by atomic mass is 16.6. The molecule has 0 aromatic rings. The van der Waals surface area contributed by atoms with Gasteiger partial charge in [-0.2, -0.15) is 0 Å². The predicted octanol–water partition coefficient (Wildman–Crippen LogP) is 2.53. The summed E-state index contributed by atoms with van der Waals surface area (Å²) in [7, 11) is 0. The maximum absolute atomic E-state index is 11.7. The lowest BCUT2D eigenvalue weighted by Crippen LogP contribution is -2.41. The molecule has 0 aromatic heterocycles. The number of carbonyl (C=O) groups excluding carboxylic acids is 1. The summed E-state index contributed by atoms with van der Waals surface area (Å²) in [6, 6.07) is 1.02. The molecule has 1 N–H and O–H groups in total. The third kappa shape index (κ3) is 3.87. The molecule has 0 aromatic carbocycles. The molecule has 1 amide bonds. The van der Waals surface area contributed by atoms with Gasteiger partial charge in [0.05, 0.1) is 0 Å². The lowest BCUT2D eigenvalue weighted by molar-refractivity contribution is 0.0504. The molecule has 0 unspecified atom stereocenters. The maximum atomic E-state index is 11.7. The van der Waals surface area contributed by atoms with E-state index in [1.54, 1.807) is 0 Å². The molecule has 0 radical (unpaired) electrons. The number of hydrogen-bond donors (Lipinski definition) is 1. The fourth-order valence-corrected chi connectivity index (χ4v) is 2.98. The summed E-state index contributed by atoms with van der Waals surface area (Å²) < 4.78 is 5.29. The van der Waals surface area contributed by atoms with Crippen molar-refractivity contribution in [2.24, 2.45) is 0 Å². The number of ether oxygens (including phenoxy) is 1. The normalized spacial score (nSPS) is 26.5. The van der Waals surface area contributed by atoms with Gasteiger partial charge in [0.15, 0.2) is 0 Å². The van der Waals surface area contributed by atoms with Gasteiger partial charge < -0.3 is 10.1 Å². The third-order valence-corrected chi connectivity index (χ3v) is 3.78. The standard InChI is InChI=1S/C14H26N2O2/c1-14(2,3)18-13(17)15-11-8-9-16(10-11)12-6-4-5-7-12/h11-12H,4-10H2,1-3H3,(H,15,17)/t11-/m0/s1. The topological polar surface area (TPSA) is 41.6 Å². The van der Waals surface area contributed by atoms with Gasteiger partial charge in [-0.05, 0) is 40.0 Å². The molecular formula is C14H26N2O2. The molecule has 1 atom stereocenters. The molecule has 0 spiro atoms. The summed E-state index contributed by atoms with van der Waals surface area (Å²) >= 11 is 0. The number of amides is 1. The van der Waals surface area contributed by atoms with Gasteiger partial charge >= 0.3 is 6.09 Å². The van der Waals surface area contributed by atoms with Crippen molar-refractivity contribution in [3.63, 3.8) is 0 Å². The Morgan fingerprint density at radius 1 is 1.22 bits per heavy atom. The summed E-state index contributed by atoms with van der Waals surface area (Å²) in [5.41, 5.74) is -0.409. The summed E-state index contributed by atoms with van der Waals surface area (Å²) in [4.78, 5) is 14.2. The van der Waals surface area contributed by atoms with E-state index in [1.165, 1.54) is 25.7 Å². The molecule has 1 saturated heterocycles. The second kappa shape index (κ2) is 5.47. The van der Waals surface area contributed by atoms with Crippen molar-refractivity contribution in [1.29, 1.82) is 0 Å². The average molecular weight is 254 g/mol. The van der Waals surface area contributed by atoms with Crippen molar-refractivity contribution in [1.82, 2.24) is 10.2 Å². The van der Waals surface area contributed by atoms with Crippen LogP contribution in [0.1, 0.15) is 52.9 Å². The van der Waals surface area contributed by atoms with Crippen LogP contribution >= 0.6 is 0 Å². The van der Waals surface area contributed by atoms with Gasteiger partial charge in [0.25, 0.3) is 0 Å². The van der Waals surface area contributed by atoms with Gasteiger partial charge in [0, 0.05) is 25.2 Å². The van der Waals surface area contributed by atoms with E-state index in [2.05, 4.69) is 10.2 Å². The highest BCUT2D eigenvalue weighted by Gasteiger charge is 2.31. The lowest BCUT2D eigenvalue weighted by Gasteiger charge is -2.24. The average Bonchev–Trinajstić information content (AvgIpc) is 2.82. The first-order chi connectivity index (χ1) is 8.44. The number of alkyl carbamates (subject to hydrolysis) is 1. The first-order valence-corrected chi connectivity index (χ1v) is 7.17. The van der Waals surface area contributed by atoms with Crippen LogP contribution in [0.15, 0.2) is 0 Å². The smallest absolute Gasteiger partial charge is 0.407 e. The van der Waals surface area contributed by atoms with Crippen LogP contribution in [-0.4, -0.2) is 41.8 Å². The van der Waals surface area contributed by atoms with Crippen molar-refractivity contribution in [2.45, 2.75) is 70.6 Å². The van der Waals surface area contributed by atoms with Crippen molar-refractivity contribution in [3.05, 3.63) is 0 Å². The van der Waals surface area contributed by atoms with Gasteiger partial charge in [-0.3, -0.25) is 4.90 Å². The Balaban J connectivity index is 1.73. The number of hydrogen-bond acceptors (Lipinski definition) is 3. The minimum Gasteiger partial charge on any atom is -0.444 e. The Labute approximate surface area is 110 Å². The zero-order valence-electron chi connectivity index (χ0n) is 11.9. The second-order valence-corrected chi connectivity index (χ2v) is 6.57. The maximum Gasteiger partial charge on any atom is 0.407 e. The zero-order chi connectivity index (χ0) is 13.2. The summed E-state index contributed by atoms with van der Waals surface area (Å²) in [6.07, 6.45) is 6.17. The van der Waals surface area contributed by atoms with E-state index in [0.29, 0.717) is 0 Å². The van der Waals surface area contributed by atoms with Crippen LogP contribution in [0.2, 0.25) is 0 Å². The summed E-state index contributed by atoms with van der Waals surface area (Å²) in [6.45, 7) is 7.79. The fourth-order valence-electron chi connectivity index (χ4n) is 2.98. The molecule has 1 aliphatic carbocycles. The minimum absolute atomic E-state index is 0.264. The first-order valence-electron chi connectivity index (χ1n) is 7.17. The monoisotopic (exact) mass is 254 g/mol. The van der Waals surface area contributed by atoms with Crippen molar-refractivity contribution in [3.8, 4) is 0 Å². The van der Waals surface area contributed by atoms with E-state index >= 15 is 0 Å². The second-order valence-electron chi connectivity index (χ2n) is 6.57. The van der Waals surface area contributed by atoms with Gasteiger partial charge in [-0.1, -0.05) is 12.8 Å². The van der Waals surface area contributed by atoms with Gasteiger partial charge in [0.2, 0.25) is 0 Å². The molecule has 4 heteroatoms.